The maximum Gasteiger partial charge on any atom is 0.412 e. The van der Waals surface area contributed by atoms with Crippen molar-refractivity contribution < 1.29 is 14.3 Å². The molecule has 3 aromatic rings. The quantitative estimate of drug-likeness (QED) is 0.637. The Kier molecular flexibility index (Phi) is 5.23. The third-order valence-corrected chi connectivity index (χ3v) is 4.30. The highest BCUT2D eigenvalue weighted by Gasteiger charge is 2.17. The Labute approximate surface area is 156 Å². The zero-order chi connectivity index (χ0) is 18.7. The number of aryl methyl sites for hydroxylation is 1. The normalized spacial score (nSPS) is 10.7. The highest BCUT2D eigenvalue weighted by Crippen LogP contribution is 2.38. The van der Waals surface area contributed by atoms with Gasteiger partial charge in [0.2, 0.25) is 0 Å². The lowest BCUT2D eigenvalue weighted by atomic mass is 10.1. The molecule has 0 spiro atoms. The van der Waals surface area contributed by atoms with Gasteiger partial charge in [-0.3, -0.25) is 5.32 Å². The summed E-state index contributed by atoms with van der Waals surface area (Å²) in [5.74, 6) is 0.774. The number of hydrogen-bond acceptors (Lipinski definition) is 4. The van der Waals surface area contributed by atoms with Gasteiger partial charge in [0.25, 0.3) is 0 Å². The van der Waals surface area contributed by atoms with Crippen LogP contribution in [0.2, 0.25) is 0 Å². The SMILES string of the molecule is CCn1c(-c2cccc(NC(=O)OCCl)c2)c(N)c2ccc(OC)cc21. The molecule has 3 rings (SSSR count). The Bertz CT molecular complexity index is 953. The second kappa shape index (κ2) is 7.58. The third-order valence-electron chi connectivity index (χ3n) is 4.20. The Morgan fingerprint density at radius 2 is 2.08 bits per heavy atom. The van der Waals surface area contributed by atoms with Gasteiger partial charge in [-0.2, -0.15) is 0 Å². The molecule has 0 radical (unpaired) electrons. The predicted molar refractivity (Wildman–Crippen MR) is 105 cm³/mol. The summed E-state index contributed by atoms with van der Waals surface area (Å²) in [4.78, 5) is 11.6. The van der Waals surface area contributed by atoms with Crippen LogP contribution < -0.4 is 15.8 Å². The van der Waals surface area contributed by atoms with E-state index in [1.807, 2.05) is 36.4 Å². The van der Waals surface area contributed by atoms with Crippen LogP contribution >= 0.6 is 11.6 Å². The van der Waals surface area contributed by atoms with E-state index in [1.165, 1.54) is 0 Å². The number of nitrogens with zero attached hydrogens (tertiary/aromatic N) is 1. The average Bonchev–Trinajstić information content (AvgIpc) is 2.93. The maximum absolute atomic E-state index is 11.6. The van der Waals surface area contributed by atoms with E-state index in [0.29, 0.717) is 11.4 Å². The number of hydrogen-bond donors (Lipinski definition) is 2. The molecule has 1 heterocycles. The number of benzene rings is 2. The van der Waals surface area contributed by atoms with Crippen LogP contribution in [0, 0.1) is 0 Å². The first-order chi connectivity index (χ1) is 12.6. The van der Waals surface area contributed by atoms with Crippen LogP contribution in [0.3, 0.4) is 0 Å². The van der Waals surface area contributed by atoms with E-state index in [1.54, 1.807) is 13.2 Å². The fourth-order valence-corrected chi connectivity index (χ4v) is 3.17. The Balaban J connectivity index is 2.10. The fourth-order valence-electron chi connectivity index (χ4n) is 3.07. The van der Waals surface area contributed by atoms with Crippen molar-refractivity contribution >= 4 is 40.0 Å². The second-order valence-corrected chi connectivity index (χ2v) is 5.85. The highest BCUT2D eigenvalue weighted by atomic mass is 35.5. The summed E-state index contributed by atoms with van der Waals surface area (Å²) in [6, 6.07) is 13.0. The largest absolute Gasteiger partial charge is 0.497 e. The van der Waals surface area contributed by atoms with Crippen LogP contribution in [0.1, 0.15) is 6.92 Å². The van der Waals surface area contributed by atoms with Crippen molar-refractivity contribution in [2.45, 2.75) is 13.5 Å². The number of ether oxygens (including phenoxy) is 2. The molecule has 0 bridgehead atoms. The first-order valence-electron chi connectivity index (χ1n) is 8.15. The number of fused-ring (bicyclic) bond motifs is 1. The number of halogens is 1. The number of aromatic nitrogens is 1. The summed E-state index contributed by atoms with van der Waals surface area (Å²) >= 11 is 5.41. The number of methoxy groups -OCH3 is 1. The van der Waals surface area contributed by atoms with E-state index in [2.05, 4.69) is 16.8 Å². The Morgan fingerprint density at radius 1 is 1.27 bits per heavy atom. The minimum atomic E-state index is -0.606. The standard InChI is InChI=1S/C19H20ClN3O3/c1-3-23-16-10-14(25-2)7-8-15(16)17(21)18(23)12-5-4-6-13(9-12)22-19(24)26-11-20/h4-10H,3,11,21H2,1-2H3,(H,22,24). The first-order valence-corrected chi connectivity index (χ1v) is 8.68. The molecule has 0 fully saturated rings. The van der Waals surface area contributed by atoms with Gasteiger partial charge >= 0.3 is 6.09 Å². The average molecular weight is 374 g/mol. The molecule has 0 atom stereocenters. The van der Waals surface area contributed by atoms with Crippen molar-refractivity contribution in [3.05, 3.63) is 42.5 Å². The van der Waals surface area contributed by atoms with Crippen molar-refractivity contribution in [1.82, 2.24) is 4.57 Å². The van der Waals surface area contributed by atoms with Crippen LogP contribution in [-0.4, -0.2) is 23.8 Å². The fraction of sp³-hybridized carbons (Fsp3) is 0.211. The van der Waals surface area contributed by atoms with E-state index in [0.717, 1.165) is 34.5 Å². The van der Waals surface area contributed by atoms with Gasteiger partial charge in [0.15, 0.2) is 6.07 Å². The zero-order valence-electron chi connectivity index (χ0n) is 14.6. The molecule has 1 amide bonds. The summed E-state index contributed by atoms with van der Waals surface area (Å²) in [5.41, 5.74) is 10.5. The molecule has 0 aliphatic carbocycles. The summed E-state index contributed by atoms with van der Waals surface area (Å²) in [7, 11) is 1.64. The molecule has 0 unspecified atom stereocenters. The topological polar surface area (TPSA) is 78.5 Å². The molecule has 0 saturated carbocycles. The number of nitrogens with two attached hydrogens (primary N) is 1. The lowest BCUT2D eigenvalue weighted by Gasteiger charge is -2.11. The molecular formula is C19H20ClN3O3. The lowest BCUT2D eigenvalue weighted by Crippen LogP contribution is -2.12. The molecule has 0 aliphatic rings. The number of carbonyl (C=O) groups is 1. The van der Waals surface area contributed by atoms with E-state index in [-0.39, 0.29) is 6.07 Å². The number of carbonyl (C=O) groups excluding carboxylic acids is 1. The van der Waals surface area contributed by atoms with Crippen LogP contribution in [0.4, 0.5) is 16.2 Å². The van der Waals surface area contributed by atoms with Gasteiger partial charge in [0, 0.05) is 29.2 Å². The summed E-state index contributed by atoms with van der Waals surface area (Å²) < 4.78 is 12.2. The van der Waals surface area contributed by atoms with Gasteiger partial charge in [-0.15, -0.1) is 0 Å². The van der Waals surface area contributed by atoms with Gasteiger partial charge in [0.1, 0.15) is 5.75 Å². The predicted octanol–water partition coefficient (Wildman–Crippen LogP) is 4.66. The van der Waals surface area contributed by atoms with Crippen molar-refractivity contribution in [3.8, 4) is 17.0 Å². The van der Waals surface area contributed by atoms with Crippen molar-refractivity contribution in [3.63, 3.8) is 0 Å². The zero-order valence-corrected chi connectivity index (χ0v) is 15.3. The highest BCUT2D eigenvalue weighted by molar-refractivity contribution is 6.17. The summed E-state index contributed by atoms with van der Waals surface area (Å²) in [6.07, 6.45) is -0.606. The molecule has 1 aromatic heterocycles. The smallest absolute Gasteiger partial charge is 0.412 e. The number of amides is 1. The second-order valence-electron chi connectivity index (χ2n) is 5.64. The molecule has 26 heavy (non-hydrogen) atoms. The summed E-state index contributed by atoms with van der Waals surface area (Å²) in [6.45, 7) is 2.80. The third kappa shape index (κ3) is 3.28. The molecule has 2 aromatic carbocycles. The van der Waals surface area contributed by atoms with Crippen molar-refractivity contribution in [2.24, 2.45) is 0 Å². The monoisotopic (exact) mass is 373 g/mol. The molecule has 6 nitrogen and oxygen atoms in total. The molecule has 0 aliphatic heterocycles. The molecule has 7 heteroatoms. The van der Waals surface area contributed by atoms with Crippen LogP contribution in [0.5, 0.6) is 5.75 Å². The van der Waals surface area contributed by atoms with Gasteiger partial charge in [0.05, 0.1) is 24.0 Å². The van der Waals surface area contributed by atoms with Crippen molar-refractivity contribution in [2.75, 3.05) is 24.2 Å². The van der Waals surface area contributed by atoms with Crippen LogP contribution in [0.15, 0.2) is 42.5 Å². The summed E-state index contributed by atoms with van der Waals surface area (Å²) in [5, 5.41) is 3.61. The number of nitrogen functional groups attached to an aromatic ring is 1. The van der Waals surface area contributed by atoms with Gasteiger partial charge in [-0.05, 0) is 31.2 Å². The van der Waals surface area contributed by atoms with Gasteiger partial charge < -0.3 is 19.8 Å². The minimum absolute atomic E-state index is 0.204. The van der Waals surface area contributed by atoms with E-state index < -0.39 is 6.09 Å². The van der Waals surface area contributed by atoms with E-state index >= 15 is 0 Å². The number of rotatable bonds is 5. The molecule has 0 saturated heterocycles. The maximum atomic E-state index is 11.6. The van der Waals surface area contributed by atoms with Crippen molar-refractivity contribution in [1.29, 1.82) is 0 Å². The van der Waals surface area contributed by atoms with E-state index in [4.69, 9.17) is 26.8 Å². The van der Waals surface area contributed by atoms with Gasteiger partial charge in [-0.1, -0.05) is 23.7 Å². The Hall–Kier alpha value is -2.86. The molecular weight excluding hydrogens is 354 g/mol. The molecule has 136 valence electrons. The number of anilines is 2. The Morgan fingerprint density at radius 3 is 2.77 bits per heavy atom. The van der Waals surface area contributed by atoms with Crippen LogP contribution in [-0.2, 0) is 11.3 Å². The first kappa shape index (κ1) is 17.9. The lowest BCUT2D eigenvalue weighted by molar-refractivity contribution is 0.180. The number of nitrogens with one attached hydrogen (secondary N) is 1. The molecule has 3 N–H and O–H groups in total. The van der Waals surface area contributed by atoms with E-state index in [9.17, 15) is 4.79 Å². The van der Waals surface area contributed by atoms with Gasteiger partial charge in [-0.25, -0.2) is 4.79 Å². The number of alkyl halides is 1. The van der Waals surface area contributed by atoms with Crippen LogP contribution in [0.25, 0.3) is 22.2 Å². The minimum Gasteiger partial charge on any atom is -0.497 e.